The molecule has 0 aromatic rings. The molecule has 0 aromatic carbocycles. The normalized spacial score (nSPS) is 21.9. The highest BCUT2D eigenvalue weighted by Crippen LogP contribution is 2.22. The SMILES string of the molecule is COC1(C(=O)NCCC(=O)N2CCCCC2)CCNCC1. The van der Waals surface area contributed by atoms with Crippen molar-refractivity contribution in [2.45, 2.75) is 44.1 Å². The van der Waals surface area contributed by atoms with Crippen LogP contribution >= 0.6 is 0 Å². The van der Waals surface area contributed by atoms with E-state index in [9.17, 15) is 9.59 Å². The van der Waals surface area contributed by atoms with Gasteiger partial charge in [0.1, 0.15) is 5.60 Å². The van der Waals surface area contributed by atoms with Gasteiger partial charge in [-0.2, -0.15) is 0 Å². The zero-order chi connectivity index (χ0) is 15.1. The molecule has 0 radical (unpaired) electrons. The third-order valence-electron chi connectivity index (χ3n) is 4.55. The molecule has 0 spiro atoms. The maximum absolute atomic E-state index is 12.3. The van der Waals surface area contributed by atoms with E-state index in [2.05, 4.69) is 10.6 Å². The largest absolute Gasteiger partial charge is 0.368 e. The molecule has 0 atom stereocenters. The van der Waals surface area contributed by atoms with E-state index in [0.717, 1.165) is 39.0 Å². The van der Waals surface area contributed by atoms with Crippen LogP contribution in [0.25, 0.3) is 0 Å². The second kappa shape index (κ2) is 7.75. The monoisotopic (exact) mass is 297 g/mol. The van der Waals surface area contributed by atoms with Gasteiger partial charge in [0, 0.05) is 33.2 Å². The number of ether oxygens (including phenoxy) is 1. The van der Waals surface area contributed by atoms with E-state index < -0.39 is 5.60 Å². The summed E-state index contributed by atoms with van der Waals surface area (Å²) >= 11 is 0. The summed E-state index contributed by atoms with van der Waals surface area (Å²) < 4.78 is 5.47. The molecule has 120 valence electrons. The smallest absolute Gasteiger partial charge is 0.252 e. The van der Waals surface area contributed by atoms with Crippen molar-refractivity contribution in [3.8, 4) is 0 Å². The van der Waals surface area contributed by atoms with Crippen LogP contribution in [0.3, 0.4) is 0 Å². The van der Waals surface area contributed by atoms with Crippen LogP contribution < -0.4 is 10.6 Å². The molecule has 2 amide bonds. The van der Waals surface area contributed by atoms with Crippen LogP contribution in [0.15, 0.2) is 0 Å². The minimum absolute atomic E-state index is 0.0852. The molecule has 6 heteroatoms. The number of carbonyl (C=O) groups excluding carboxylic acids is 2. The van der Waals surface area contributed by atoms with Gasteiger partial charge in [0.15, 0.2) is 0 Å². The first-order valence-electron chi connectivity index (χ1n) is 8.00. The highest BCUT2D eigenvalue weighted by Gasteiger charge is 2.39. The molecule has 0 aliphatic carbocycles. The van der Waals surface area contributed by atoms with Crippen molar-refractivity contribution in [1.82, 2.24) is 15.5 Å². The van der Waals surface area contributed by atoms with Crippen LogP contribution in [-0.4, -0.2) is 62.1 Å². The molecule has 0 bridgehead atoms. The zero-order valence-electron chi connectivity index (χ0n) is 13.0. The van der Waals surface area contributed by atoms with Crippen molar-refractivity contribution in [3.05, 3.63) is 0 Å². The number of nitrogens with one attached hydrogen (secondary N) is 2. The van der Waals surface area contributed by atoms with E-state index in [4.69, 9.17) is 4.74 Å². The van der Waals surface area contributed by atoms with E-state index in [-0.39, 0.29) is 11.8 Å². The maximum atomic E-state index is 12.3. The Labute approximate surface area is 126 Å². The Balaban J connectivity index is 1.74. The topological polar surface area (TPSA) is 70.7 Å². The van der Waals surface area contributed by atoms with E-state index in [1.54, 1.807) is 7.11 Å². The third-order valence-corrected chi connectivity index (χ3v) is 4.55. The number of carbonyl (C=O) groups is 2. The number of likely N-dealkylation sites (tertiary alicyclic amines) is 1. The lowest BCUT2D eigenvalue weighted by molar-refractivity contribution is -0.146. The van der Waals surface area contributed by atoms with Crippen LogP contribution in [0.1, 0.15) is 38.5 Å². The van der Waals surface area contributed by atoms with E-state index in [1.165, 1.54) is 6.42 Å². The van der Waals surface area contributed by atoms with Crippen LogP contribution in [0, 0.1) is 0 Å². The summed E-state index contributed by atoms with van der Waals surface area (Å²) in [7, 11) is 1.59. The number of methoxy groups -OCH3 is 1. The summed E-state index contributed by atoms with van der Waals surface area (Å²) in [5, 5.41) is 6.10. The average molecular weight is 297 g/mol. The van der Waals surface area contributed by atoms with Crippen LogP contribution in [-0.2, 0) is 14.3 Å². The van der Waals surface area contributed by atoms with Gasteiger partial charge in [0.05, 0.1) is 0 Å². The standard InChI is InChI=1S/C15H27N3O3/c1-21-15(6-9-16-10-7-15)14(20)17-8-5-13(19)18-11-3-2-4-12-18/h16H,2-12H2,1H3,(H,17,20). The minimum atomic E-state index is -0.723. The molecule has 2 aliphatic rings. The Morgan fingerprint density at radius 3 is 2.48 bits per heavy atom. The Morgan fingerprint density at radius 2 is 1.86 bits per heavy atom. The van der Waals surface area contributed by atoms with E-state index >= 15 is 0 Å². The van der Waals surface area contributed by atoms with Gasteiger partial charge >= 0.3 is 0 Å². The molecule has 21 heavy (non-hydrogen) atoms. The van der Waals surface area contributed by atoms with Crippen LogP contribution in [0.2, 0.25) is 0 Å². The Morgan fingerprint density at radius 1 is 1.19 bits per heavy atom. The predicted octanol–water partition coefficient (Wildman–Crippen LogP) is 0.274. The van der Waals surface area contributed by atoms with E-state index in [1.807, 2.05) is 4.90 Å². The van der Waals surface area contributed by atoms with Gasteiger partial charge in [-0.3, -0.25) is 9.59 Å². The molecule has 2 N–H and O–H groups in total. The Kier molecular flexibility index (Phi) is 5.99. The van der Waals surface area contributed by atoms with Crippen molar-refractivity contribution < 1.29 is 14.3 Å². The van der Waals surface area contributed by atoms with Crippen molar-refractivity contribution in [2.24, 2.45) is 0 Å². The van der Waals surface area contributed by atoms with Gasteiger partial charge in [-0.25, -0.2) is 0 Å². The van der Waals surface area contributed by atoms with Crippen LogP contribution in [0.5, 0.6) is 0 Å². The van der Waals surface area contributed by atoms with Crippen LogP contribution in [0.4, 0.5) is 0 Å². The molecule has 2 rings (SSSR count). The third kappa shape index (κ3) is 4.17. The summed E-state index contributed by atoms with van der Waals surface area (Å²) in [6.45, 7) is 3.69. The fourth-order valence-corrected chi connectivity index (χ4v) is 3.10. The maximum Gasteiger partial charge on any atom is 0.252 e. The number of nitrogens with zero attached hydrogens (tertiary/aromatic N) is 1. The molecule has 0 unspecified atom stereocenters. The summed E-state index contributed by atoms with van der Waals surface area (Å²) in [5.74, 6) is 0.0599. The fourth-order valence-electron chi connectivity index (χ4n) is 3.10. The molecular weight excluding hydrogens is 270 g/mol. The zero-order valence-corrected chi connectivity index (χ0v) is 13.0. The van der Waals surface area contributed by atoms with Crippen molar-refractivity contribution in [3.63, 3.8) is 0 Å². The van der Waals surface area contributed by atoms with Gasteiger partial charge in [-0.1, -0.05) is 0 Å². The highest BCUT2D eigenvalue weighted by atomic mass is 16.5. The first-order valence-corrected chi connectivity index (χ1v) is 8.00. The summed E-state index contributed by atoms with van der Waals surface area (Å²) in [4.78, 5) is 26.3. The number of amides is 2. The lowest BCUT2D eigenvalue weighted by Crippen LogP contribution is -2.54. The van der Waals surface area contributed by atoms with Gasteiger partial charge in [0.25, 0.3) is 5.91 Å². The molecule has 0 aromatic heterocycles. The summed E-state index contributed by atoms with van der Waals surface area (Å²) in [6, 6.07) is 0. The first kappa shape index (κ1) is 16.2. The highest BCUT2D eigenvalue weighted by molar-refractivity contribution is 5.86. The molecule has 0 saturated carbocycles. The molecule has 2 aliphatic heterocycles. The van der Waals surface area contributed by atoms with Gasteiger partial charge in [0.2, 0.25) is 5.91 Å². The fraction of sp³-hybridized carbons (Fsp3) is 0.867. The number of rotatable bonds is 5. The molecule has 6 nitrogen and oxygen atoms in total. The molecular formula is C15H27N3O3. The van der Waals surface area contributed by atoms with Crippen molar-refractivity contribution in [2.75, 3.05) is 39.8 Å². The van der Waals surface area contributed by atoms with Gasteiger partial charge in [-0.05, 0) is 45.2 Å². The van der Waals surface area contributed by atoms with Crippen molar-refractivity contribution in [1.29, 1.82) is 0 Å². The van der Waals surface area contributed by atoms with Gasteiger partial charge in [-0.15, -0.1) is 0 Å². The number of hydrogen-bond acceptors (Lipinski definition) is 4. The number of piperidine rings is 2. The van der Waals surface area contributed by atoms with E-state index in [0.29, 0.717) is 25.8 Å². The molecule has 2 heterocycles. The second-order valence-corrected chi connectivity index (χ2v) is 5.90. The Hall–Kier alpha value is -1.14. The quantitative estimate of drug-likeness (QED) is 0.764. The molecule has 2 saturated heterocycles. The summed E-state index contributed by atoms with van der Waals surface area (Å²) in [5.41, 5.74) is -0.723. The summed E-state index contributed by atoms with van der Waals surface area (Å²) in [6.07, 6.45) is 5.13. The minimum Gasteiger partial charge on any atom is -0.368 e. The number of hydrogen-bond donors (Lipinski definition) is 2. The average Bonchev–Trinajstić information content (AvgIpc) is 2.56. The van der Waals surface area contributed by atoms with Crippen molar-refractivity contribution >= 4 is 11.8 Å². The first-order chi connectivity index (χ1) is 10.2. The lowest BCUT2D eigenvalue weighted by Gasteiger charge is -2.34. The predicted molar refractivity (Wildman–Crippen MR) is 79.9 cm³/mol. The lowest BCUT2D eigenvalue weighted by atomic mass is 9.91. The Bertz CT molecular complexity index is 361. The molecule has 2 fully saturated rings. The van der Waals surface area contributed by atoms with Gasteiger partial charge < -0.3 is 20.3 Å². The second-order valence-electron chi connectivity index (χ2n) is 5.90.